The van der Waals surface area contributed by atoms with Crippen LogP contribution >= 0.6 is 0 Å². The molecule has 0 radical (unpaired) electrons. The molecule has 122 valence electrons. The highest BCUT2D eigenvalue weighted by molar-refractivity contribution is 5.79. The zero-order valence-electron chi connectivity index (χ0n) is 13.0. The van der Waals surface area contributed by atoms with Gasteiger partial charge in [0.05, 0.1) is 24.6 Å². The molecule has 3 aromatic heterocycles. The van der Waals surface area contributed by atoms with Gasteiger partial charge in [0.1, 0.15) is 18.2 Å². The van der Waals surface area contributed by atoms with E-state index >= 15 is 0 Å². The maximum Gasteiger partial charge on any atom is 0.260 e. The number of rotatable bonds is 5. The van der Waals surface area contributed by atoms with Crippen molar-refractivity contribution in [1.29, 1.82) is 5.26 Å². The van der Waals surface area contributed by atoms with E-state index in [0.717, 1.165) is 0 Å². The molecule has 0 bridgehead atoms. The van der Waals surface area contributed by atoms with Crippen LogP contribution in [-0.4, -0.2) is 33.9 Å². The Morgan fingerprint density at radius 3 is 2.92 bits per heavy atom. The van der Waals surface area contributed by atoms with Gasteiger partial charge in [0.2, 0.25) is 5.88 Å². The molecule has 0 saturated heterocycles. The molecule has 0 aliphatic heterocycles. The van der Waals surface area contributed by atoms with Crippen molar-refractivity contribution in [2.75, 3.05) is 14.2 Å². The van der Waals surface area contributed by atoms with Crippen molar-refractivity contribution in [2.45, 2.75) is 13.2 Å². The summed E-state index contributed by atoms with van der Waals surface area (Å²) in [6, 6.07) is 5.09. The van der Waals surface area contributed by atoms with Crippen LogP contribution in [0.2, 0.25) is 0 Å². The van der Waals surface area contributed by atoms with Gasteiger partial charge in [-0.05, 0) is 12.1 Å². The fraction of sp³-hybridized carbons (Fsp3) is 0.267. The molecule has 9 nitrogen and oxygen atoms in total. The minimum Gasteiger partial charge on any atom is -0.480 e. The highest BCUT2D eigenvalue weighted by Crippen LogP contribution is 2.19. The van der Waals surface area contributed by atoms with E-state index < -0.39 is 0 Å². The molecule has 0 aliphatic carbocycles. The van der Waals surface area contributed by atoms with Crippen molar-refractivity contribution in [3.8, 4) is 11.9 Å². The summed E-state index contributed by atoms with van der Waals surface area (Å²) in [4.78, 5) is 20.9. The summed E-state index contributed by atoms with van der Waals surface area (Å²) in [6.07, 6.45) is 1.58. The van der Waals surface area contributed by atoms with Crippen molar-refractivity contribution in [3.05, 3.63) is 46.0 Å². The van der Waals surface area contributed by atoms with Crippen molar-refractivity contribution < 1.29 is 14.0 Å². The normalized spacial score (nSPS) is 10.7. The molecule has 0 fully saturated rings. The second-order valence-electron chi connectivity index (χ2n) is 4.88. The molecule has 0 N–H and O–H groups in total. The largest absolute Gasteiger partial charge is 0.480 e. The van der Waals surface area contributed by atoms with Crippen LogP contribution < -0.4 is 10.3 Å². The Balaban J connectivity index is 2.01. The Labute approximate surface area is 136 Å². The summed E-state index contributed by atoms with van der Waals surface area (Å²) in [5, 5.41) is 13.2. The average molecular weight is 327 g/mol. The van der Waals surface area contributed by atoms with E-state index in [1.807, 2.05) is 6.07 Å². The molecule has 3 heterocycles. The predicted molar refractivity (Wildman–Crippen MR) is 81.4 cm³/mol. The van der Waals surface area contributed by atoms with Crippen molar-refractivity contribution >= 4 is 10.9 Å². The molecule has 0 aliphatic rings. The maximum absolute atomic E-state index is 12.6. The molecular weight excluding hydrogens is 314 g/mol. The third kappa shape index (κ3) is 2.82. The lowest BCUT2D eigenvalue weighted by Crippen LogP contribution is -2.21. The predicted octanol–water partition coefficient (Wildman–Crippen LogP) is 0.854. The second-order valence-corrected chi connectivity index (χ2v) is 4.88. The Kier molecular flexibility index (Phi) is 4.22. The van der Waals surface area contributed by atoms with Crippen LogP contribution in [0, 0.1) is 11.3 Å². The third-order valence-corrected chi connectivity index (χ3v) is 3.32. The first kappa shape index (κ1) is 15.6. The minimum absolute atomic E-state index is 0.135. The Bertz CT molecular complexity index is 986. The first-order valence-corrected chi connectivity index (χ1v) is 6.95. The molecule has 0 amide bonds. The molecule has 0 spiro atoms. The molecule has 9 heteroatoms. The summed E-state index contributed by atoms with van der Waals surface area (Å²) in [7, 11) is 2.94. The van der Waals surface area contributed by atoms with Crippen LogP contribution in [0.3, 0.4) is 0 Å². The zero-order chi connectivity index (χ0) is 17.1. The van der Waals surface area contributed by atoms with E-state index in [0.29, 0.717) is 22.6 Å². The van der Waals surface area contributed by atoms with Gasteiger partial charge in [-0.1, -0.05) is 5.16 Å². The smallest absolute Gasteiger partial charge is 0.260 e. The zero-order valence-corrected chi connectivity index (χ0v) is 13.0. The topological polar surface area (TPSA) is 116 Å². The minimum atomic E-state index is -0.308. The fourth-order valence-corrected chi connectivity index (χ4v) is 2.24. The van der Waals surface area contributed by atoms with Crippen LogP contribution in [0.4, 0.5) is 0 Å². The Morgan fingerprint density at radius 1 is 1.38 bits per heavy atom. The number of aromatic nitrogens is 4. The average Bonchev–Trinajstić information content (AvgIpc) is 3.04. The molecule has 3 aromatic rings. The van der Waals surface area contributed by atoms with Crippen LogP contribution in [0.15, 0.2) is 27.6 Å². The highest BCUT2D eigenvalue weighted by atomic mass is 16.5. The third-order valence-electron chi connectivity index (χ3n) is 3.32. The summed E-state index contributed by atoms with van der Waals surface area (Å²) in [6.45, 7) is 0.338. The van der Waals surface area contributed by atoms with Gasteiger partial charge in [0, 0.05) is 13.3 Å². The van der Waals surface area contributed by atoms with E-state index in [-0.39, 0.29) is 30.2 Å². The van der Waals surface area contributed by atoms with E-state index in [4.69, 9.17) is 19.3 Å². The lowest BCUT2D eigenvalue weighted by molar-refractivity contribution is 0.151. The van der Waals surface area contributed by atoms with Crippen LogP contribution in [0.5, 0.6) is 5.88 Å². The number of methoxy groups -OCH3 is 2. The number of hydrogen-bond acceptors (Lipinski definition) is 8. The first-order valence-electron chi connectivity index (χ1n) is 6.95. The van der Waals surface area contributed by atoms with Gasteiger partial charge >= 0.3 is 0 Å². The lowest BCUT2D eigenvalue weighted by Gasteiger charge is -2.07. The van der Waals surface area contributed by atoms with Gasteiger partial charge in [0.15, 0.2) is 5.82 Å². The van der Waals surface area contributed by atoms with Gasteiger partial charge in [-0.3, -0.25) is 4.79 Å². The van der Waals surface area contributed by atoms with E-state index in [1.54, 1.807) is 12.3 Å². The van der Waals surface area contributed by atoms with Crippen molar-refractivity contribution in [1.82, 2.24) is 19.7 Å². The molecule has 3 rings (SSSR count). The second kappa shape index (κ2) is 6.47. The maximum atomic E-state index is 12.6. The number of hydrogen-bond donors (Lipinski definition) is 0. The standard InChI is InChI=1S/C15H13N5O4/c1-22-8-13-18-12(19-24-13)7-20-4-3-11-10(15(20)21)5-9(6-16)14(17-11)23-2/h3-5H,7-8H2,1-2H3. The summed E-state index contributed by atoms with van der Waals surface area (Å²) < 4.78 is 16.4. The Hall–Kier alpha value is -3.25. The van der Waals surface area contributed by atoms with E-state index in [9.17, 15) is 4.79 Å². The first-order chi connectivity index (χ1) is 11.7. The van der Waals surface area contributed by atoms with Crippen LogP contribution in [0.25, 0.3) is 10.9 Å². The van der Waals surface area contributed by atoms with E-state index in [1.165, 1.54) is 24.9 Å². The van der Waals surface area contributed by atoms with Gasteiger partial charge in [-0.15, -0.1) is 0 Å². The van der Waals surface area contributed by atoms with E-state index in [2.05, 4.69) is 15.1 Å². The number of pyridine rings is 2. The number of fused-ring (bicyclic) bond motifs is 1. The summed E-state index contributed by atoms with van der Waals surface area (Å²) in [5.74, 6) is 0.870. The molecule has 0 saturated carbocycles. The van der Waals surface area contributed by atoms with Crippen LogP contribution in [-0.2, 0) is 17.9 Å². The summed E-state index contributed by atoms with van der Waals surface area (Å²) >= 11 is 0. The van der Waals surface area contributed by atoms with Gasteiger partial charge < -0.3 is 18.6 Å². The quantitative estimate of drug-likeness (QED) is 0.677. The van der Waals surface area contributed by atoms with Gasteiger partial charge in [-0.2, -0.15) is 10.2 Å². The van der Waals surface area contributed by atoms with Crippen LogP contribution in [0.1, 0.15) is 17.3 Å². The van der Waals surface area contributed by atoms with Gasteiger partial charge in [-0.25, -0.2) is 4.98 Å². The lowest BCUT2D eigenvalue weighted by atomic mass is 10.2. The molecule has 24 heavy (non-hydrogen) atoms. The monoisotopic (exact) mass is 327 g/mol. The molecule has 0 atom stereocenters. The molecule has 0 aromatic carbocycles. The molecule has 0 unspecified atom stereocenters. The fourth-order valence-electron chi connectivity index (χ4n) is 2.24. The van der Waals surface area contributed by atoms with Gasteiger partial charge in [0.25, 0.3) is 11.4 Å². The SMILES string of the molecule is COCc1nc(Cn2ccc3nc(OC)c(C#N)cc3c2=O)no1. The summed E-state index contributed by atoms with van der Waals surface area (Å²) in [5.41, 5.74) is 0.333. The highest BCUT2D eigenvalue weighted by Gasteiger charge is 2.13. The number of ether oxygens (including phenoxy) is 2. The number of nitrogens with zero attached hydrogens (tertiary/aromatic N) is 5. The number of nitriles is 1. The Morgan fingerprint density at radius 2 is 2.21 bits per heavy atom. The van der Waals surface area contributed by atoms with Crippen molar-refractivity contribution in [3.63, 3.8) is 0 Å². The van der Waals surface area contributed by atoms with Crippen molar-refractivity contribution in [2.24, 2.45) is 0 Å². The molecular formula is C15H13N5O4.